The lowest BCUT2D eigenvalue weighted by atomic mass is 10.1. The molecule has 0 aliphatic heterocycles. The Morgan fingerprint density at radius 2 is 1.92 bits per heavy atom. The minimum Gasteiger partial charge on any atom is -0.496 e. The molecule has 3 aromatic rings. The number of nitrogens with zero attached hydrogens (tertiary/aromatic N) is 2. The van der Waals surface area contributed by atoms with E-state index in [2.05, 4.69) is 16.5 Å². The summed E-state index contributed by atoms with van der Waals surface area (Å²) in [5.74, 6) is 1.16. The normalized spacial score (nSPS) is 12.0. The van der Waals surface area contributed by atoms with Crippen molar-refractivity contribution in [2.75, 3.05) is 7.11 Å². The average Bonchev–Trinajstić information content (AvgIpc) is 2.99. The first-order valence-corrected chi connectivity index (χ1v) is 8.54. The molecule has 0 fully saturated rings. The van der Waals surface area contributed by atoms with Gasteiger partial charge < -0.3 is 14.6 Å². The lowest BCUT2D eigenvalue weighted by molar-refractivity contribution is 0.0934. The van der Waals surface area contributed by atoms with Crippen molar-refractivity contribution < 1.29 is 9.53 Å². The minimum atomic E-state index is -0.265. The smallest absolute Gasteiger partial charge is 0.255 e. The van der Waals surface area contributed by atoms with Crippen molar-refractivity contribution in [3.05, 3.63) is 72.1 Å². The van der Waals surface area contributed by atoms with E-state index in [1.165, 1.54) is 0 Å². The van der Waals surface area contributed by atoms with Gasteiger partial charge in [0, 0.05) is 6.54 Å². The second kappa shape index (κ2) is 7.44. The third-order valence-corrected chi connectivity index (χ3v) is 4.20. The lowest BCUT2D eigenvalue weighted by Crippen LogP contribution is -2.29. The summed E-state index contributed by atoms with van der Waals surface area (Å²) in [6.07, 6.45) is 0. The molecule has 2 aromatic carbocycles. The predicted molar refractivity (Wildman–Crippen MR) is 103 cm³/mol. The molecule has 26 heavy (non-hydrogen) atoms. The molecule has 0 aliphatic carbocycles. The molecule has 5 heteroatoms. The van der Waals surface area contributed by atoms with Crippen LogP contribution in [0.1, 0.15) is 36.1 Å². The highest BCUT2D eigenvalue weighted by atomic mass is 16.5. The number of hydrogen-bond acceptors (Lipinski definition) is 3. The molecular weight excluding hydrogens is 326 g/mol. The molecule has 3 rings (SSSR count). The van der Waals surface area contributed by atoms with E-state index in [4.69, 9.17) is 9.72 Å². The van der Waals surface area contributed by atoms with Gasteiger partial charge in [-0.25, -0.2) is 4.98 Å². The number of para-hydroxylation sites is 3. The van der Waals surface area contributed by atoms with Gasteiger partial charge in [-0.15, -0.1) is 0 Å². The van der Waals surface area contributed by atoms with Gasteiger partial charge >= 0.3 is 0 Å². The number of hydrogen-bond donors (Lipinski definition) is 1. The van der Waals surface area contributed by atoms with Gasteiger partial charge in [0.1, 0.15) is 11.6 Å². The van der Waals surface area contributed by atoms with E-state index in [0.29, 0.717) is 17.9 Å². The van der Waals surface area contributed by atoms with Crippen LogP contribution in [0.4, 0.5) is 0 Å². The summed E-state index contributed by atoms with van der Waals surface area (Å²) in [6, 6.07) is 14.9. The Labute approximate surface area is 153 Å². The van der Waals surface area contributed by atoms with E-state index in [0.717, 1.165) is 22.4 Å². The Morgan fingerprint density at radius 3 is 2.65 bits per heavy atom. The molecule has 0 saturated heterocycles. The molecule has 0 spiro atoms. The number of ether oxygens (including phenoxy) is 1. The fourth-order valence-electron chi connectivity index (χ4n) is 3.03. The van der Waals surface area contributed by atoms with E-state index in [9.17, 15) is 4.79 Å². The van der Waals surface area contributed by atoms with Gasteiger partial charge in [0.15, 0.2) is 0 Å². The van der Waals surface area contributed by atoms with Crippen LogP contribution in [0.2, 0.25) is 0 Å². The van der Waals surface area contributed by atoms with Crippen molar-refractivity contribution in [3.8, 4) is 5.75 Å². The molecule has 1 N–H and O–H groups in total. The standard InChI is InChI=1S/C21H23N3O2/c1-14(2)13-24-18-11-7-6-10-17(18)23-20(24)15(3)22-21(25)16-9-5-8-12-19(16)26-4/h5-12,15H,1,13H2,2-4H3,(H,22,25)/t15-/m1/s1. The SMILES string of the molecule is C=C(C)Cn1c([C@@H](C)NC(=O)c2ccccc2OC)nc2ccccc21. The summed E-state index contributed by atoms with van der Waals surface area (Å²) in [5, 5.41) is 3.03. The summed E-state index contributed by atoms with van der Waals surface area (Å²) in [4.78, 5) is 17.4. The molecule has 1 amide bonds. The molecule has 0 saturated carbocycles. The highest BCUT2D eigenvalue weighted by Crippen LogP contribution is 2.23. The molecule has 1 atom stereocenters. The summed E-state index contributed by atoms with van der Waals surface area (Å²) < 4.78 is 7.39. The number of carbonyl (C=O) groups excluding carboxylic acids is 1. The van der Waals surface area contributed by atoms with Gasteiger partial charge in [0.25, 0.3) is 5.91 Å². The Morgan fingerprint density at radius 1 is 1.23 bits per heavy atom. The van der Waals surface area contributed by atoms with Crippen molar-refractivity contribution in [1.29, 1.82) is 0 Å². The van der Waals surface area contributed by atoms with Gasteiger partial charge in [-0.3, -0.25) is 4.79 Å². The average molecular weight is 349 g/mol. The largest absolute Gasteiger partial charge is 0.496 e. The van der Waals surface area contributed by atoms with Crippen molar-refractivity contribution in [1.82, 2.24) is 14.9 Å². The predicted octanol–water partition coefficient (Wildman–Crippen LogP) is 4.11. The van der Waals surface area contributed by atoms with Crippen LogP contribution in [0.15, 0.2) is 60.7 Å². The van der Waals surface area contributed by atoms with Crippen LogP contribution >= 0.6 is 0 Å². The van der Waals surface area contributed by atoms with Crippen LogP contribution in [-0.4, -0.2) is 22.6 Å². The van der Waals surface area contributed by atoms with Crippen LogP contribution in [-0.2, 0) is 6.54 Å². The molecule has 5 nitrogen and oxygen atoms in total. The van der Waals surface area contributed by atoms with Gasteiger partial charge in [-0.2, -0.15) is 0 Å². The topological polar surface area (TPSA) is 56.2 Å². The van der Waals surface area contributed by atoms with E-state index >= 15 is 0 Å². The fourth-order valence-corrected chi connectivity index (χ4v) is 3.03. The van der Waals surface area contributed by atoms with Crippen molar-refractivity contribution in [2.45, 2.75) is 26.4 Å². The monoisotopic (exact) mass is 349 g/mol. The van der Waals surface area contributed by atoms with Crippen LogP contribution in [0.25, 0.3) is 11.0 Å². The van der Waals surface area contributed by atoms with Gasteiger partial charge in [0.05, 0.1) is 29.7 Å². The van der Waals surface area contributed by atoms with Crippen molar-refractivity contribution in [3.63, 3.8) is 0 Å². The van der Waals surface area contributed by atoms with E-state index in [-0.39, 0.29) is 11.9 Å². The van der Waals surface area contributed by atoms with Crippen LogP contribution in [0.3, 0.4) is 0 Å². The molecule has 1 aromatic heterocycles. The first-order valence-electron chi connectivity index (χ1n) is 8.54. The molecule has 134 valence electrons. The number of rotatable bonds is 6. The summed E-state index contributed by atoms with van der Waals surface area (Å²) in [5.41, 5.74) is 3.47. The molecule has 0 bridgehead atoms. The van der Waals surface area contributed by atoms with Crippen LogP contribution < -0.4 is 10.1 Å². The maximum Gasteiger partial charge on any atom is 0.255 e. The number of benzene rings is 2. The highest BCUT2D eigenvalue weighted by molar-refractivity contribution is 5.97. The number of carbonyl (C=O) groups is 1. The zero-order valence-corrected chi connectivity index (χ0v) is 15.3. The maximum absolute atomic E-state index is 12.7. The number of nitrogens with one attached hydrogen (secondary N) is 1. The fraction of sp³-hybridized carbons (Fsp3) is 0.238. The zero-order valence-electron chi connectivity index (χ0n) is 15.3. The second-order valence-corrected chi connectivity index (χ2v) is 6.40. The van der Waals surface area contributed by atoms with E-state index in [1.807, 2.05) is 50.2 Å². The number of methoxy groups -OCH3 is 1. The van der Waals surface area contributed by atoms with Crippen LogP contribution in [0.5, 0.6) is 5.75 Å². The summed E-state index contributed by atoms with van der Waals surface area (Å²) in [6.45, 7) is 8.59. The molecule has 0 unspecified atom stereocenters. The van der Waals surface area contributed by atoms with Gasteiger partial charge in [0.2, 0.25) is 0 Å². The van der Waals surface area contributed by atoms with Crippen LogP contribution in [0, 0.1) is 0 Å². The first kappa shape index (κ1) is 17.7. The Hall–Kier alpha value is -3.08. The zero-order chi connectivity index (χ0) is 18.7. The number of aromatic nitrogens is 2. The highest BCUT2D eigenvalue weighted by Gasteiger charge is 2.20. The number of imidazole rings is 1. The molecule has 0 radical (unpaired) electrons. The lowest BCUT2D eigenvalue weighted by Gasteiger charge is -2.17. The molecule has 1 heterocycles. The Balaban J connectivity index is 1.93. The third-order valence-electron chi connectivity index (χ3n) is 4.20. The van der Waals surface area contributed by atoms with E-state index in [1.54, 1.807) is 19.2 Å². The molecule has 0 aliphatic rings. The second-order valence-electron chi connectivity index (χ2n) is 6.40. The Kier molecular flexibility index (Phi) is 5.07. The minimum absolute atomic E-state index is 0.191. The van der Waals surface area contributed by atoms with E-state index < -0.39 is 0 Å². The third kappa shape index (κ3) is 3.47. The summed E-state index contributed by atoms with van der Waals surface area (Å²) >= 11 is 0. The summed E-state index contributed by atoms with van der Waals surface area (Å²) in [7, 11) is 1.56. The van der Waals surface area contributed by atoms with Gasteiger partial charge in [-0.05, 0) is 38.1 Å². The quantitative estimate of drug-likeness (QED) is 0.681. The van der Waals surface area contributed by atoms with Crippen molar-refractivity contribution >= 4 is 16.9 Å². The Bertz CT molecular complexity index is 959. The van der Waals surface area contributed by atoms with Crippen molar-refractivity contribution in [2.24, 2.45) is 0 Å². The molecular formula is C21H23N3O2. The van der Waals surface area contributed by atoms with Gasteiger partial charge in [-0.1, -0.05) is 36.4 Å². The number of allylic oxidation sites excluding steroid dienone is 1. The number of amides is 1. The first-order chi connectivity index (χ1) is 12.5. The maximum atomic E-state index is 12.7. The number of fused-ring (bicyclic) bond motifs is 1.